The van der Waals surface area contributed by atoms with E-state index in [2.05, 4.69) is 14.8 Å². The molecular weight excluding hydrogens is 408 g/mol. The lowest BCUT2D eigenvalue weighted by Crippen LogP contribution is -2.50. The summed E-state index contributed by atoms with van der Waals surface area (Å²) in [5.74, 6) is 1.91. The topological polar surface area (TPSA) is 59.7 Å². The fourth-order valence-corrected chi connectivity index (χ4v) is 6.15. The van der Waals surface area contributed by atoms with Gasteiger partial charge in [-0.2, -0.15) is 11.8 Å². The molecule has 2 fully saturated rings. The SMILES string of the molecule is O=C(c1ccc2[nH]c(=O)c3c(c2c1)CCSC3)N1CCN(CCN2CCCCC2)CC1. The minimum Gasteiger partial charge on any atom is -0.336 e. The molecule has 0 bridgehead atoms. The first kappa shape index (κ1) is 21.0. The summed E-state index contributed by atoms with van der Waals surface area (Å²) in [5.41, 5.74) is 3.62. The summed E-state index contributed by atoms with van der Waals surface area (Å²) in [5, 5.41) is 1.04. The molecule has 5 rings (SSSR count). The number of piperidine rings is 1. The van der Waals surface area contributed by atoms with E-state index in [1.807, 2.05) is 23.1 Å². The number of aromatic nitrogens is 1. The van der Waals surface area contributed by atoms with Crippen LogP contribution in [-0.2, 0) is 12.2 Å². The number of amides is 1. The van der Waals surface area contributed by atoms with Crippen molar-refractivity contribution in [2.75, 3.05) is 58.1 Å². The number of H-pyrrole nitrogens is 1. The van der Waals surface area contributed by atoms with Crippen LogP contribution in [0.1, 0.15) is 40.7 Å². The molecule has 0 atom stereocenters. The molecule has 0 aliphatic carbocycles. The van der Waals surface area contributed by atoms with Gasteiger partial charge in [0.05, 0.1) is 0 Å². The maximum atomic E-state index is 13.2. The number of thioether (sulfide) groups is 1. The molecule has 4 heterocycles. The van der Waals surface area contributed by atoms with Gasteiger partial charge in [-0.15, -0.1) is 0 Å². The predicted molar refractivity (Wildman–Crippen MR) is 127 cm³/mol. The van der Waals surface area contributed by atoms with E-state index >= 15 is 0 Å². The molecule has 1 N–H and O–H groups in total. The maximum absolute atomic E-state index is 13.2. The molecule has 3 aliphatic rings. The van der Waals surface area contributed by atoms with Gasteiger partial charge in [-0.3, -0.25) is 14.5 Å². The number of hydrogen-bond acceptors (Lipinski definition) is 5. The molecule has 2 saturated heterocycles. The monoisotopic (exact) mass is 440 g/mol. The first-order valence-electron chi connectivity index (χ1n) is 11.7. The first-order valence-corrected chi connectivity index (χ1v) is 12.8. The van der Waals surface area contributed by atoms with Gasteiger partial charge < -0.3 is 14.8 Å². The predicted octanol–water partition coefficient (Wildman–Crippen LogP) is 2.56. The molecule has 1 aromatic heterocycles. The van der Waals surface area contributed by atoms with E-state index in [-0.39, 0.29) is 11.5 Å². The standard InChI is InChI=1S/C24H32N4O2S/c29-23-21-17-31-15-6-19(21)20-16-18(4-5-22(20)25-23)24(30)28-13-11-27(12-14-28)10-9-26-7-2-1-3-8-26/h4-5,16H,1-3,6-15,17H2,(H,25,29). The van der Waals surface area contributed by atoms with Gasteiger partial charge in [-0.25, -0.2) is 0 Å². The molecule has 0 unspecified atom stereocenters. The lowest BCUT2D eigenvalue weighted by molar-refractivity contribution is 0.0619. The third-order valence-electron chi connectivity index (χ3n) is 7.06. The second kappa shape index (κ2) is 9.35. The second-order valence-electron chi connectivity index (χ2n) is 9.01. The Morgan fingerprint density at radius 1 is 0.935 bits per heavy atom. The fourth-order valence-electron chi connectivity index (χ4n) is 5.14. The fraction of sp³-hybridized carbons (Fsp3) is 0.583. The van der Waals surface area contributed by atoms with Crippen LogP contribution in [0, 0.1) is 0 Å². The summed E-state index contributed by atoms with van der Waals surface area (Å²) in [6.45, 7) is 8.23. The normalized spacial score (nSPS) is 20.7. The van der Waals surface area contributed by atoms with Crippen LogP contribution in [0.5, 0.6) is 0 Å². The number of nitrogens with zero attached hydrogens (tertiary/aromatic N) is 3. The highest BCUT2D eigenvalue weighted by atomic mass is 32.2. The number of aromatic amines is 1. The Labute approximate surface area is 188 Å². The number of benzene rings is 1. The highest BCUT2D eigenvalue weighted by Crippen LogP contribution is 2.28. The van der Waals surface area contributed by atoms with Crippen molar-refractivity contribution in [3.63, 3.8) is 0 Å². The van der Waals surface area contributed by atoms with Crippen molar-refractivity contribution in [2.24, 2.45) is 0 Å². The van der Waals surface area contributed by atoms with Crippen molar-refractivity contribution in [2.45, 2.75) is 31.4 Å². The molecule has 31 heavy (non-hydrogen) atoms. The summed E-state index contributed by atoms with van der Waals surface area (Å²) < 4.78 is 0. The molecule has 3 aliphatic heterocycles. The van der Waals surface area contributed by atoms with Crippen molar-refractivity contribution in [3.05, 3.63) is 45.2 Å². The van der Waals surface area contributed by atoms with Crippen LogP contribution in [0.15, 0.2) is 23.0 Å². The van der Waals surface area contributed by atoms with Crippen molar-refractivity contribution >= 4 is 28.6 Å². The number of carbonyl (C=O) groups is 1. The molecule has 6 nitrogen and oxygen atoms in total. The Bertz CT molecular complexity index is 1010. The number of piperazine rings is 1. The van der Waals surface area contributed by atoms with Crippen LogP contribution >= 0.6 is 11.8 Å². The number of pyridine rings is 1. The third kappa shape index (κ3) is 4.54. The van der Waals surface area contributed by atoms with E-state index in [9.17, 15) is 9.59 Å². The molecule has 1 amide bonds. The van der Waals surface area contributed by atoms with E-state index in [1.165, 1.54) is 32.4 Å². The van der Waals surface area contributed by atoms with E-state index < -0.39 is 0 Å². The summed E-state index contributed by atoms with van der Waals surface area (Å²) >= 11 is 1.80. The zero-order valence-electron chi connectivity index (χ0n) is 18.2. The Morgan fingerprint density at radius 2 is 1.68 bits per heavy atom. The average molecular weight is 441 g/mol. The van der Waals surface area contributed by atoms with Gasteiger partial charge in [0, 0.05) is 67.1 Å². The molecule has 0 saturated carbocycles. The van der Waals surface area contributed by atoms with Crippen molar-refractivity contribution < 1.29 is 4.79 Å². The zero-order valence-corrected chi connectivity index (χ0v) is 19.0. The lowest BCUT2D eigenvalue weighted by Gasteiger charge is -2.36. The van der Waals surface area contributed by atoms with Crippen molar-refractivity contribution in [1.29, 1.82) is 0 Å². The van der Waals surface area contributed by atoms with Gasteiger partial charge in [-0.05, 0) is 61.9 Å². The van der Waals surface area contributed by atoms with Gasteiger partial charge in [-0.1, -0.05) is 6.42 Å². The van der Waals surface area contributed by atoms with Gasteiger partial charge in [0.2, 0.25) is 0 Å². The number of likely N-dealkylation sites (tertiary alicyclic amines) is 1. The van der Waals surface area contributed by atoms with E-state index in [1.54, 1.807) is 11.8 Å². The molecule has 7 heteroatoms. The minimum atomic E-state index is 0.0226. The molecule has 0 radical (unpaired) electrons. The molecule has 1 aromatic carbocycles. The van der Waals surface area contributed by atoms with E-state index in [0.29, 0.717) is 0 Å². The van der Waals surface area contributed by atoms with Crippen LogP contribution in [0.2, 0.25) is 0 Å². The first-order chi connectivity index (χ1) is 15.2. The van der Waals surface area contributed by atoms with Crippen LogP contribution < -0.4 is 5.56 Å². The number of rotatable bonds is 4. The Hall–Kier alpha value is -1.83. The lowest BCUT2D eigenvalue weighted by atomic mass is 9.99. The minimum absolute atomic E-state index is 0.0226. The van der Waals surface area contributed by atoms with Crippen LogP contribution in [0.25, 0.3) is 10.9 Å². The highest BCUT2D eigenvalue weighted by molar-refractivity contribution is 7.98. The smallest absolute Gasteiger partial charge is 0.253 e. The van der Waals surface area contributed by atoms with Gasteiger partial charge >= 0.3 is 0 Å². The Kier molecular flexibility index (Phi) is 6.34. The summed E-state index contributed by atoms with van der Waals surface area (Å²) in [4.78, 5) is 35.7. The van der Waals surface area contributed by atoms with Crippen LogP contribution in [0.3, 0.4) is 0 Å². The molecule has 2 aromatic rings. The van der Waals surface area contributed by atoms with Gasteiger partial charge in [0.15, 0.2) is 0 Å². The number of hydrogen-bond donors (Lipinski definition) is 1. The molecular formula is C24H32N4O2S. The summed E-state index contributed by atoms with van der Waals surface area (Å²) in [6, 6.07) is 5.78. The summed E-state index contributed by atoms with van der Waals surface area (Å²) in [7, 11) is 0. The molecule has 166 valence electrons. The zero-order chi connectivity index (χ0) is 21.2. The van der Waals surface area contributed by atoms with Gasteiger partial charge in [0.1, 0.15) is 0 Å². The highest BCUT2D eigenvalue weighted by Gasteiger charge is 2.24. The number of nitrogens with one attached hydrogen (secondary N) is 1. The Balaban J connectivity index is 1.24. The second-order valence-corrected chi connectivity index (χ2v) is 10.1. The quantitative estimate of drug-likeness (QED) is 0.792. The summed E-state index contributed by atoms with van der Waals surface area (Å²) in [6.07, 6.45) is 4.95. The Morgan fingerprint density at radius 3 is 2.45 bits per heavy atom. The van der Waals surface area contributed by atoms with E-state index in [4.69, 9.17) is 0 Å². The van der Waals surface area contributed by atoms with E-state index in [0.717, 1.165) is 84.8 Å². The van der Waals surface area contributed by atoms with Gasteiger partial charge in [0.25, 0.3) is 11.5 Å². The van der Waals surface area contributed by atoms with Crippen molar-refractivity contribution in [3.8, 4) is 0 Å². The number of carbonyl (C=O) groups excluding carboxylic acids is 1. The number of aryl methyl sites for hydroxylation is 1. The van der Waals surface area contributed by atoms with Crippen LogP contribution in [0.4, 0.5) is 0 Å². The largest absolute Gasteiger partial charge is 0.336 e. The third-order valence-corrected chi connectivity index (χ3v) is 8.05. The number of fused-ring (bicyclic) bond motifs is 3. The maximum Gasteiger partial charge on any atom is 0.253 e. The average Bonchev–Trinajstić information content (AvgIpc) is 2.83. The molecule has 0 spiro atoms. The van der Waals surface area contributed by atoms with Crippen molar-refractivity contribution in [1.82, 2.24) is 19.7 Å². The van der Waals surface area contributed by atoms with Crippen LogP contribution in [-0.4, -0.2) is 83.7 Å².